The smallest absolute Gasteiger partial charge is 0.141 e. The Labute approximate surface area is 108 Å². The average molecular weight is 293 g/mol. The molecule has 0 amide bonds. The number of anilines is 1. The van der Waals surface area contributed by atoms with Gasteiger partial charge in [0.1, 0.15) is 11.6 Å². The van der Waals surface area contributed by atoms with E-state index in [-0.39, 0.29) is 0 Å². The standard InChI is InChI=1S/C12H13BrN4/c1-2-9-11(13)12(14)17-10(16-9)7-8-5-3-4-6-15-8/h3-6H,2,7H2,1H3,(H2,14,16,17). The van der Waals surface area contributed by atoms with Crippen molar-refractivity contribution >= 4 is 21.7 Å². The van der Waals surface area contributed by atoms with Gasteiger partial charge in [0.25, 0.3) is 0 Å². The number of nitrogens with two attached hydrogens (primary N) is 1. The summed E-state index contributed by atoms with van der Waals surface area (Å²) in [6, 6.07) is 5.79. The lowest BCUT2D eigenvalue weighted by Crippen LogP contribution is -2.06. The van der Waals surface area contributed by atoms with Gasteiger partial charge in [-0.3, -0.25) is 4.98 Å². The highest BCUT2D eigenvalue weighted by atomic mass is 79.9. The molecular formula is C12H13BrN4. The molecule has 0 aliphatic carbocycles. The molecule has 2 aromatic rings. The van der Waals surface area contributed by atoms with Gasteiger partial charge in [-0.2, -0.15) is 0 Å². The summed E-state index contributed by atoms with van der Waals surface area (Å²) in [5.41, 5.74) is 7.71. The van der Waals surface area contributed by atoms with E-state index in [9.17, 15) is 0 Å². The molecule has 4 nitrogen and oxygen atoms in total. The highest BCUT2D eigenvalue weighted by Gasteiger charge is 2.09. The molecule has 17 heavy (non-hydrogen) atoms. The number of rotatable bonds is 3. The van der Waals surface area contributed by atoms with E-state index in [0.29, 0.717) is 18.1 Å². The molecule has 0 fully saturated rings. The van der Waals surface area contributed by atoms with Crippen molar-refractivity contribution in [2.45, 2.75) is 19.8 Å². The summed E-state index contributed by atoms with van der Waals surface area (Å²) in [5, 5.41) is 0. The van der Waals surface area contributed by atoms with E-state index in [4.69, 9.17) is 5.73 Å². The zero-order chi connectivity index (χ0) is 12.3. The molecule has 0 bridgehead atoms. The second-order valence-corrected chi connectivity index (χ2v) is 4.43. The minimum atomic E-state index is 0.489. The number of aryl methyl sites for hydroxylation is 1. The predicted molar refractivity (Wildman–Crippen MR) is 70.6 cm³/mol. The summed E-state index contributed by atoms with van der Waals surface area (Å²) in [6.07, 6.45) is 3.19. The summed E-state index contributed by atoms with van der Waals surface area (Å²) in [6.45, 7) is 2.04. The van der Waals surface area contributed by atoms with Gasteiger partial charge in [-0.15, -0.1) is 0 Å². The van der Waals surface area contributed by atoms with Crippen molar-refractivity contribution in [3.8, 4) is 0 Å². The SMILES string of the molecule is CCc1nc(Cc2ccccn2)nc(N)c1Br. The van der Waals surface area contributed by atoms with Crippen molar-refractivity contribution in [2.24, 2.45) is 0 Å². The van der Waals surface area contributed by atoms with Crippen LogP contribution in [0.5, 0.6) is 0 Å². The summed E-state index contributed by atoms with van der Waals surface area (Å²) < 4.78 is 0.796. The molecule has 2 N–H and O–H groups in total. The number of hydrogen-bond donors (Lipinski definition) is 1. The zero-order valence-corrected chi connectivity index (χ0v) is 11.1. The number of halogens is 1. The Bertz CT molecular complexity index is 513. The fraction of sp³-hybridized carbons (Fsp3) is 0.250. The van der Waals surface area contributed by atoms with E-state index < -0.39 is 0 Å². The first kappa shape index (κ1) is 12.0. The van der Waals surface area contributed by atoms with E-state index in [2.05, 4.69) is 30.9 Å². The van der Waals surface area contributed by atoms with Crippen LogP contribution in [0.4, 0.5) is 5.82 Å². The van der Waals surface area contributed by atoms with Gasteiger partial charge in [0.2, 0.25) is 0 Å². The van der Waals surface area contributed by atoms with Crippen molar-refractivity contribution < 1.29 is 0 Å². The van der Waals surface area contributed by atoms with Gasteiger partial charge >= 0.3 is 0 Å². The number of hydrogen-bond acceptors (Lipinski definition) is 4. The van der Waals surface area contributed by atoms with Crippen LogP contribution in [-0.4, -0.2) is 15.0 Å². The Kier molecular flexibility index (Phi) is 3.68. The molecule has 0 atom stereocenters. The maximum atomic E-state index is 5.83. The number of nitrogens with zero attached hydrogens (tertiary/aromatic N) is 3. The molecule has 0 aliphatic heterocycles. The van der Waals surface area contributed by atoms with Gasteiger partial charge in [0.15, 0.2) is 0 Å². The fourth-order valence-electron chi connectivity index (χ4n) is 1.54. The molecule has 0 unspecified atom stereocenters. The van der Waals surface area contributed by atoms with E-state index in [1.54, 1.807) is 6.20 Å². The number of nitrogen functional groups attached to an aromatic ring is 1. The first-order valence-corrected chi connectivity index (χ1v) is 6.20. The van der Waals surface area contributed by atoms with Crippen LogP contribution < -0.4 is 5.73 Å². The lowest BCUT2D eigenvalue weighted by molar-refractivity contribution is 0.886. The van der Waals surface area contributed by atoms with Gasteiger partial charge in [-0.1, -0.05) is 13.0 Å². The van der Waals surface area contributed by atoms with Gasteiger partial charge in [0.05, 0.1) is 16.6 Å². The normalized spacial score (nSPS) is 10.5. The van der Waals surface area contributed by atoms with Gasteiger partial charge < -0.3 is 5.73 Å². The average Bonchev–Trinajstić information content (AvgIpc) is 2.35. The van der Waals surface area contributed by atoms with E-state index in [0.717, 1.165) is 22.3 Å². The molecular weight excluding hydrogens is 280 g/mol. The van der Waals surface area contributed by atoms with Crippen molar-refractivity contribution in [1.82, 2.24) is 15.0 Å². The highest BCUT2D eigenvalue weighted by Crippen LogP contribution is 2.21. The first-order chi connectivity index (χ1) is 8.20. The maximum absolute atomic E-state index is 5.83. The summed E-state index contributed by atoms with van der Waals surface area (Å²) in [4.78, 5) is 13.0. The second kappa shape index (κ2) is 5.23. The van der Waals surface area contributed by atoms with Crippen LogP contribution in [0.15, 0.2) is 28.9 Å². The van der Waals surface area contributed by atoms with E-state index in [1.165, 1.54) is 0 Å². The second-order valence-electron chi connectivity index (χ2n) is 3.64. The van der Waals surface area contributed by atoms with Crippen LogP contribution in [0.3, 0.4) is 0 Å². The third-order valence-corrected chi connectivity index (χ3v) is 3.26. The van der Waals surface area contributed by atoms with Crippen molar-refractivity contribution in [2.75, 3.05) is 5.73 Å². The molecule has 88 valence electrons. The number of aromatic nitrogens is 3. The number of pyridine rings is 1. The van der Waals surface area contributed by atoms with Gasteiger partial charge in [-0.25, -0.2) is 9.97 Å². The molecule has 0 saturated carbocycles. The van der Waals surface area contributed by atoms with Crippen LogP contribution in [0, 0.1) is 0 Å². The highest BCUT2D eigenvalue weighted by molar-refractivity contribution is 9.10. The molecule has 2 heterocycles. The lowest BCUT2D eigenvalue weighted by atomic mass is 10.2. The largest absolute Gasteiger partial charge is 0.383 e. The zero-order valence-electron chi connectivity index (χ0n) is 9.52. The van der Waals surface area contributed by atoms with Crippen LogP contribution in [0.1, 0.15) is 24.1 Å². The van der Waals surface area contributed by atoms with Gasteiger partial charge in [0, 0.05) is 11.9 Å². The van der Waals surface area contributed by atoms with Crippen LogP contribution in [0.2, 0.25) is 0 Å². The van der Waals surface area contributed by atoms with Crippen molar-refractivity contribution in [3.05, 3.63) is 46.1 Å². The summed E-state index contributed by atoms with van der Waals surface area (Å²) in [7, 11) is 0. The first-order valence-electron chi connectivity index (χ1n) is 5.41. The summed E-state index contributed by atoms with van der Waals surface area (Å²) >= 11 is 3.39. The molecule has 0 aromatic carbocycles. The molecule has 0 saturated heterocycles. The molecule has 2 rings (SSSR count). The maximum Gasteiger partial charge on any atom is 0.141 e. The molecule has 0 spiro atoms. The molecule has 5 heteroatoms. The Morgan fingerprint density at radius 3 is 2.76 bits per heavy atom. The van der Waals surface area contributed by atoms with Gasteiger partial charge in [-0.05, 0) is 34.5 Å². The van der Waals surface area contributed by atoms with Crippen LogP contribution in [-0.2, 0) is 12.8 Å². The minimum absolute atomic E-state index is 0.489. The Balaban J connectivity index is 2.31. The van der Waals surface area contributed by atoms with Crippen LogP contribution in [0.25, 0.3) is 0 Å². The lowest BCUT2D eigenvalue weighted by Gasteiger charge is -2.07. The Morgan fingerprint density at radius 1 is 1.29 bits per heavy atom. The third-order valence-electron chi connectivity index (χ3n) is 2.39. The quantitative estimate of drug-likeness (QED) is 0.943. The Morgan fingerprint density at radius 2 is 2.12 bits per heavy atom. The topological polar surface area (TPSA) is 64.7 Å². The Hall–Kier alpha value is -1.49. The third kappa shape index (κ3) is 2.79. The fourth-order valence-corrected chi connectivity index (χ4v) is 2.00. The van der Waals surface area contributed by atoms with E-state index >= 15 is 0 Å². The van der Waals surface area contributed by atoms with Crippen molar-refractivity contribution in [3.63, 3.8) is 0 Å². The molecule has 0 aliphatic rings. The molecule has 2 aromatic heterocycles. The monoisotopic (exact) mass is 292 g/mol. The summed E-state index contributed by atoms with van der Waals surface area (Å²) in [5.74, 6) is 1.20. The van der Waals surface area contributed by atoms with E-state index in [1.807, 2.05) is 25.1 Å². The van der Waals surface area contributed by atoms with Crippen LogP contribution >= 0.6 is 15.9 Å². The predicted octanol–water partition coefficient (Wildman–Crippen LogP) is 2.37. The molecule has 0 radical (unpaired) electrons. The minimum Gasteiger partial charge on any atom is -0.383 e. The van der Waals surface area contributed by atoms with Crippen molar-refractivity contribution in [1.29, 1.82) is 0 Å².